The fourth-order valence-corrected chi connectivity index (χ4v) is 5.27. The molecule has 0 bridgehead atoms. The number of anilines is 1. The molecule has 2 N–H and O–H groups in total. The van der Waals surface area contributed by atoms with E-state index in [4.69, 9.17) is 11.6 Å². The highest BCUT2D eigenvalue weighted by atomic mass is 35.5. The Bertz CT molecular complexity index is 890. The fraction of sp³-hybridized carbons (Fsp3) is 0.312. The average molecular weight is 400 g/mol. The number of rotatable bonds is 4. The minimum Gasteiger partial charge on any atom is -0.356 e. The molecule has 1 aliphatic heterocycles. The predicted octanol–water partition coefficient (Wildman–Crippen LogP) is 2.97. The van der Waals surface area contributed by atoms with Crippen molar-refractivity contribution in [3.63, 3.8) is 0 Å². The van der Waals surface area contributed by atoms with Gasteiger partial charge in [0.2, 0.25) is 10.0 Å². The lowest BCUT2D eigenvalue weighted by Crippen LogP contribution is -2.37. The van der Waals surface area contributed by atoms with Gasteiger partial charge in [-0.15, -0.1) is 0 Å². The SMILES string of the molecule is Cc1c(Cl)cccc1NC(=O)c1cc(S(=O)(=O)N2CCSCC2)c[nH]1. The van der Waals surface area contributed by atoms with Crippen LogP contribution < -0.4 is 5.32 Å². The van der Waals surface area contributed by atoms with Gasteiger partial charge in [0.05, 0.1) is 0 Å². The van der Waals surface area contributed by atoms with Crippen molar-refractivity contribution in [1.82, 2.24) is 9.29 Å². The van der Waals surface area contributed by atoms with Crippen molar-refractivity contribution in [3.8, 4) is 0 Å². The van der Waals surface area contributed by atoms with Crippen LogP contribution in [0.3, 0.4) is 0 Å². The standard InChI is InChI=1S/C16H18ClN3O3S2/c1-11-13(17)3-2-4-14(11)19-16(21)15-9-12(10-18-15)25(22,23)20-5-7-24-8-6-20/h2-4,9-10,18H,5-8H2,1H3,(H,19,21). The third-order valence-corrected chi connectivity index (χ3v) is 7.25. The van der Waals surface area contributed by atoms with Gasteiger partial charge in [-0.25, -0.2) is 8.42 Å². The van der Waals surface area contributed by atoms with Crippen LogP contribution in [0.2, 0.25) is 5.02 Å². The van der Waals surface area contributed by atoms with Crippen LogP contribution >= 0.6 is 23.4 Å². The Labute approximate surface area is 156 Å². The Morgan fingerprint density at radius 1 is 1.32 bits per heavy atom. The molecule has 9 heteroatoms. The first kappa shape index (κ1) is 18.3. The number of benzene rings is 1. The quantitative estimate of drug-likeness (QED) is 0.828. The zero-order chi connectivity index (χ0) is 18.0. The van der Waals surface area contributed by atoms with Crippen molar-refractivity contribution in [2.75, 3.05) is 29.9 Å². The molecule has 1 fully saturated rings. The molecule has 1 aliphatic rings. The van der Waals surface area contributed by atoms with Gasteiger partial charge in [-0.05, 0) is 30.7 Å². The Hall–Kier alpha value is -1.48. The van der Waals surface area contributed by atoms with E-state index in [0.717, 1.165) is 17.1 Å². The first-order chi connectivity index (χ1) is 11.9. The number of amides is 1. The molecule has 6 nitrogen and oxygen atoms in total. The second-order valence-electron chi connectivity index (χ2n) is 5.63. The smallest absolute Gasteiger partial charge is 0.272 e. The van der Waals surface area contributed by atoms with E-state index >= 15 is 0 Å². The van der Waals surface area contributed by atoms with E-state index in [-0.39, 0.29) is 10.6 Å². The molecule has 1 aromatic heterocycles. The molecule has 1 saturated heterocycles. The number of carbonyl (C=O) groups excluding carboxylic acids is 1. The van der Waals surface area contributed by atoms with Gasteiger partial charge in [0.1, 0.15) is 10.6 Å². The Morgan fingerprint density at radius 2 is 2.04 bits per heavy atom. The van der Waals surface area contributed by atoms with Crippen molar-refractivity contribution < 1.29 is 13.2 Å². The summed E-state index contributed by atoms with van der Waals surface area (Å²) < 4.78 is 26.7. The summed E-state index contributed by atoms with van der Waals surface area (Å²) in [4.78, 5) is 15.3. The molecule has 2 aromatic rings. The number of sulfonamides is 1. The number of nitrogens with one attached hydrogen (secondary N) is 2. The number of H-pyrrole nitrogens is 1. The normalized spacial score (nSPS) is 15.9. The van der Waals surface area contributed by atoms with Crippen molar-refractivity contribution in [2.24, 2.45) is 0 Å². The fourth-order valence-electron chi connectivity index (χ4n) is 2.52. The lowest BCUT2D eigenvalue weighted by atomic mass is 10.2. The van der Waals surface area contributed by atoms with Crippen LogP contribution in [0.15, 0.2) is 35.4 Å². The van der Waals surface area contributed by atoms with Crippen LogP contribution in [0.5, 0.6) is 0 Å². The third kappa shape index (κ3) is 3.87. The van der Waals surface area contributed by atoms with Crippen LogP contribution in [0.4, 0.5) is 5.69 Å². The molecule has 0 saturated carbocycles. The Balaban J connectivity index is 1.78. The first-order valence-electron chi connectivity index (χ1n) is 7.72. The summed E-state index contributed by atoms with van der Waals surface area (Å²) in [5, 5.41) is 3.30. The van der Waals surface area contributed by atoms with Gasteiger partial charge in [-0.2, -0.15) is 16.1 Å². The van der Waals surface area contributed by atoms with E-state index in [1.807, 2.05) is 0 Å². The Kier molecular flexibility index (Phi) is 5.43. The van der Waals surface area contributed by atoms with Crippen LogP contribution in [-0.4, -0.2) is 48.2 Å². The van der Waals surface area contributed by atoms with E-state index in [2.05, 4.69) is 10.3 Å². The van der Waals surface area contributed by atoms with E-state index in [0.29, 0.717) is 23.8 Å². The Morgan fingerprint density at radius 3 is 2.76 bits per heavy atom. The summed E-state index contributed by atoms with van der Waals surface area (Å²) in [6.07, 6.45) is 1.36. The number of aromatic nitrogens is 1. The molecule has 0 radical (unpaired) electrons. The minimum atomic E-state index is -3.57. The molecule has 134 valence electrons. The van der Waals surface area contributed by atoms with Crippen LogP contribution in [0, 0.1) is 6.92 Å². The first-order valence-corrected chi connectivity index (χ1v) is 10.7. The minimum absolute atomic E-state index is 0.104. The molecule has 25 heavy (non-hydrogen) atoms. The van der Waals surface area contributed by atoms with Crippen LogP contribution in [0.25, 0.3) is 0 Å². The molecule has 0 atom stereocenters. The molecular formula is C16H18ClN3O3S2. The maximum absolute atomic E-state index is 12.6. The van der Waals surface area contributed by atoms with Crippen molar-refractivity contribution in [1.29, 1.82) is 0 Å². The number of aromatic amines is 1. The van der Waals surface area contributed by atoms with Gasteiger partial charge < -0.3 is 10.3 Å². The number of nitrogens with zero attached hydrogens (tertiary/aromatic N) is 1. The highest BCUT2D eigenvalue weighted by Crippen LogP contribution is 2.24. The molecule has 0 unspecified atom stereocenters. The number of thioether (sulfide) groups is 1. The summed E-state index contributed by atoms with van der Waals surface area (Å²) in [7, 11) is -3.57. The van der Waals surface area contributed by atoms with Gasteiger partial charge in [0, 0.05) is 41.5 Å². The lowest BCUT2D eigenvalue weighted by molar-refractivity contribution is 0.102. The summed E-state index contributed by atoms with van der Waals surface area (Å²) >= 11 is 7.78. The van der Waals surface area contributed by atoms with Crippen molar-refractivity contribution in [3.05, 3.63) is 46.7 Å². The molecule has 1 aromatic carbocycles. The average Bonchev–Trinajstić information content (AvgIpc) is 3.11. The molecule has 1 amide bonds. The summed E-state index contributed by atoms with van der Waals surface area (Å²) in [6, 6.07) is 6.59. The highest BCUT2D eigenvalue weighted by molar-refractivity contribution is 7.99. The summed E-state index contributed by atoms with van der Waals surface area (Å²) in [6.45, 7) is 2.78. The number of carbonyl (C=O) groups is 1. The number of halogens is 1. The van der Waals surface area contributed by atoms with Gasteiger partial charge in [0.25, 0.3) is 5.91 Å². The second-order valence-corrected chi connectivity index (χ2v) is 9.20. The van der Waals surface area contributed by atoms with Crippen LogP contribution in [-0.2, 0) is 10.0 Å². The zero-order valence-corrected chi connectivity index (χ0v) is 16.0. The van der Waals surface area contributed by atoms with Gasteiger partial charge in [0.15, 0.2) is 0 Å². The molecule has 3 rings (SSSR count). The van der Waals surface area contributed by atoms with Gasteiger partial charge in [-0.3, -0.25) is 4.79 Å². The van der Waals surface area contributed by atoms with E-state index in [1.165, 1.54) is 16.6 Å². The van der Waals surface area contributed by atoms with E-state index in [1.54, 1.807) is 36.9 Å². The molecule has 0 aliphatic carbocycles. The van der Waals surface area contributed by atoms with E-state index < -0.39 is 15.9 Å². The number of hydrogen-bond donors (Lipinski definition) is 2. The molecular weight excluding hydrogens is 382 g/mol. The lowest BCUT2D eigenvalue weighted by Gasteiger charge is -2.24. The van der Waals surface area contributed by atoms with Crippen LogP contribution in [0.1, 0.15) is 16.1 Å². The van der Waals surface area contributed by atoms with Crippen molar-refractivity contribution in [2.45, 2.75) is 11.8 Å². The number of hydrogen-bond acceptors (Lipinski definition) is 4. The zero-order valence-electron chi connectivity index (χ0n) is 13.6. The highest BCUT2D eigenvalue weighted by Gasteiger charge is 2.27. The summed E-state index contributed by atoms with van der Waals surface area (Å²) in [5.41, 5.74) is 1.52. The maximum atomic E-state index is 12.6. The maximum Gasteiger partial charge on any atom is 0.272 e. The largest absolute Gasteiger partial charge is 0.356 e. The van der Waals surface area contributed by atoms with Gasteiger partial charge >= 0.3 is 0 Å². The predicted molar refractivity (Wildman–Crippen MR) is 101 cm³/mol. The third-order valence-electron chi connectivity index (χ3n) is 4.02. The second kappa shape index (κ2) is 7.41. The molecule has 2 heterocycles. The summed E-state index contributed by atoms with van der Waals surface area (Å²) in [5.74, 6) is 1.15. The molecule has 0 spiro atoms. The van der Waals surface area contributed by atoms with Crippen molar-refractivity contribution >= 4 is 45.0 Å². The van der Waals surface area contributed by atoms with Gasteiger partial charge in [-0.1, -0.05) is 17.7 Å². The van der Waals surface area contributed by atoms with E-state index in [9.17, 15) is 13.2 Å². The monoisotopic (exact) mass is 399 g/mol. The topological polar surface area (TPSA) is 82.3 Å².